The number of rotatable bonds is 6. The molecule has 1 atom stereocenters. The van der Waals surface area contributed by atoms with Crippen molar-refractivity contribution >= 4 is 0 Å². The van der Waals surface area contributed by atoms with E-state index in [-0.39, 0.29) is 17.6 Å². The van der Waals surface area contributed by atoms with Crippen molar-refractivity contribution in [1.29, 1.82) is 0 Å². The van der Waals surface area contributed by atoms with Crippen LogP contribution in [-0.2, 0) is 0 Å². The Bertz CT molecular complexity index is 584. The zero-order valence-corrected chi connectivity index (χ0v) is 12.5. The van der Waals surface area contributed by atoms with Crippen molar-refractivity contribution in [2.45, 2.75) is 13.0 Å². The molecule has 0 saturated carbocycles. The Morgan fingerprint density at radius 1 is 1.10 bits per heavy atom. The number of nitrogens with one attached hydrogen (secondary N) is 1. The minimum absolute atomic E-state index is 0.0823. The van der Waals surface area contributed by atoms with E-state index in [0.717, 1.165) is 16.9 Å². The molecule has 0 amide bonds. The van der Waals surface area contributed by atoms with Crippen molar-refractivity contribution in [3.05, 3.63) is 59.4 Å². The zero-order valence-electron chi connectivity index (χ0n) is 12.5. The second-order valence-electron chi connectivity index (χ2n) is 4.62. The third-order valence-corrected chi connectivity index (χ3v) is 3.32. The lowest BCUT2D eigenvalue weighted by Crippen LogP contribution is -2.17. The van der Waals surface area contributed by atoms with Crippen molar-refractivity contribution < 1.29 is 13.9 Å². The van der Waals surface area contributed by atoms with Gasteiger partial charge in [0.25, 0.3) is 0 Å². The molecule has 0 saturated heterocycles. The molecule has 2 aromatic carbocycles. The fraction of sp³-hybridized carbons (Fsp3) is 0.294. The first-order valence-electron chi connectivity index (χ1n) is 6.93. The highest BCUT2D eigenvalue weighted by Crippen LogP contribution is 2.27. The van der Waals surface area contributed by atoms with Gasteiger partial charge in [0.05, 0.1) is 19.8 Å². The Morgan fingerprint density at radius 3 is 2.29 bits per heavy atom. The summed E-state index contributed by atoms with van der Waals surface area (Å²) < 4.78 is 24.2. The third-order valence-electron chi connectivity index (χ3n) is 3.32. The van der Waals surface area contributed by atoms with Crippen LogP contribution in [0.3, 0.4) is 0 Å². The molecule has 0 bridgehead atoms. The molecule has 0 aliphatic carbocycles. The molecular weight excluding hydrogens is 269 g/mol. The van der Waals surface area contributed by atoms with Crippen LogP contribution in [0.2, 0.25) is 0 Å². The smallest absolute Gasteiger partial charge is 0.165 e. The second kappa shape index (κ2) is 7.09. The summed E-state index contributed by atoms with van der Waals surface area (Å²) in [6.07, 6.45) is 0. The molecule has 0 fully saturated rings. The van der Waals surface area contributed by atoms with E-state index in [2.05, 4.69) is 5.32 Å². The van der Waals surface area contributed by atoms with Gasteiger partial charge in [-0.05, 0) is 49.4 Å². The lowest BCUT2D eigenvalue weighted by Gasteiger charge is -2.18. The molecule has 1 unspecified atom stereocenters. The lowest BCUT2D eigenvalue weighted by atomic mass is 9.98. The summed E-state index contributed by atoms with van der Waals surface area (Å²) in [6.45, 7) is 2.59. The van der Waals surface area contributed by atoms with Crippen LogP contribution in [0.1, 0.15) is 24.1 Å². The summed E-state index contributed by atoms with van der Waals surface area (Å²) in [5.74, 6) is 0.721. The fourth-order valence-electron chi connectivity index (χ4n) is 2.31. The summed E-state index contributed by atoms with van der Waals surface area (Å²) in [5, 5.41) is 3.20. The fourth-order valence-corrected chi connectivity index (χ4v) is 2.31. The molecular formula is C17H20FNO2. The van der Waals surface area contributed by atoms with E-state index in [0.29, 0.717) is 6.61 Å². The van der Waals surface area contributed by atoms with Crippen LogP contribution in [0.4, 0.5) is 4.39 Å². The molecule has 0 aliphatic rings. The van der Waals surface area contributed by atoms with E-state index >= 15 is 0 Å². The minimum atomic E-state index is -0.360. The van der Waals surface area contributed by atoms with Crippen molar-refractivity contribution in [3.8, 4) is 11.5 Å². The molecule has 0 spiro atoms. The Morgan fingerprint density at radius 2 is 1.76 bits per heavy atom. The maximum atomic E-state index is 13.9. The predicted octanol–water partition coefficient (Wildman–Crippen LogP) is 3.54. The monoisotopic (exact) mass is 289 g/mol. The topological polar surface area (TPSA) is 30.5 Å². The van der Waals surface area contributed by atoms with E-state index in [9.17, 15) is 4.39 Å². The van der Waals surface area contributed by atoms with Crippen LogP contribution >= 0.6 is 0 Å². The number of hydrogen-bond acceptors (Lipinski definition) is 3. The SMILES string of the molecule is CCOc1ccc(C(NC)c2ccc(OC)c(F)c2)cc1. The maximum absolute atomic E-state index is 13.9. The summed E-state index contributed by atoms with van der Waals surface area (Å²) in [4.78, 5) is 0. The average Bonchev–Trinajstić information content (AvgIpc) is 2.50. The molecule has 21 heavy (non-hydrogen) atoms. The van der Waals surface area contributed by atoms with Crippen LogP contribution in [0, 0.1) is 5.82 Å². The van der Waals surface area contributed by atoms with E-state index in [4.69, 9.17) is 9.47 Å². The van der Waals surface area contributed by atoms with Crippen molar-refractivity contribution in [2.24, 2.45) is 0 Å². The Kier molecular flexibility index (Phi) is 5.17. The van der Waals surface area contributed by atoms with Crippen LogP contribution < -0.4 is 14.8 Å². The predicted molar refractivity (Wildman–Crippen MR) is 81.5 cm³/mol. The first-order chi connectivity index (χ1) is 10.2. The largest absolute Gasteiger partial charge is 0.494 e. The Labute approximate surface area is 124 Å². The van der Waals surface area contributed by atoms with E-state index < -0.39 is 0 Å². The molecule has 3 nitrogen and oxygen atoms in total. The minimum Gasteiger partial charge on any atom is -0.494 e. The van der Waals surface area contributed by atoms with Gasteiger partial charge >= 0.3 is 0 Å². The van der Waals surface area contributed by atoms with Gasteiger partial charge in [-0.2, -0.15) is 0 Å². The van der Waals surface area contributed by atoms with Gasteiger partial charge in [-0.3, -0.25) is 0 Å². The van der Waals surface area contributed by atoms with Gasteiger partial charge < -0.3 is 14.8 Å². The number of hydrogen-bond donors (Lipinski definition) is 1. The normalized spacial score (nSPS) is 12.0. The molecule has 0 aliphatic heterocycles. The van der Waals surface area contributed by atoms with Gasteiger partial charge in [0.15, 0.2) is 11.6 Å². The summed E-state index contributed by atoms with van der Waals surface area (Å²) in [5.41, 5.74) is 1.89. The molecule has 1 N–H and O–H groups in total. The number of ether oxygens (including phenoxy) is 2. The number of halogens is 1. The van der Waals surface area contributed by atoms with E-state index in [1.807, 2.05) is 44.3 Å². The maximum Gasteiger partial charge on any atom is 0.165 e. The zero-order chi connectivity index (χ0) is 15.2. The van der Waals surface area contributed by atoms with Crippen LogP contribution in [0.15, 0.2) is 42.5 Å². The summed E-state index contributed by atoms with van der Waals surface area (Å²) >= 11 is 0. The van der Waals surface area contributed by atoms with E-state index in [1.165, 1.54) is 13.2 Å². The quantitative estimate of drug-likeness (QED) is 0.882. The summed E-state index contributed by atoms with van der Waals surface area (Å²) in [7, 11) is 3.31. The van der Waals surface area contributed by atoms with E-state index in [1.54, 1.807) is 6.07 Å². The van der Waals surface area contributed by atoms with Crippen LogP contribution in [-0.4, -0.2) is 20.8 Å². The number of benzene rings is 2. The molecule has 0 radical (unpaired) electrons. The molecule has 2 rings (SSSR count). The molecule has 112 valence electrons. The van der Waals surface area contributed by atoms with Crippen molar-refractivity contribution in [1.82, 2.24) is 5.32 Å². The first-order valence-corrected chi connectivity index (χ1v) is 6.93. The van der Waals surface area contributed by atoms with Gasteiger partial charge in [0.2, 0.25) is 0 Å². The highest BCUT2D eigenvalue weighted by Gasteiger charge is 2.14. The van der Waals surface area contributed by atoms with Gasteiger partial charge in [0, 0.05) is 0 Å². The molecule has 2 aromatic rings. The van der Waals surface area contributed by atoms with Crippen molar-refractivity contribution in [2.75, 3.05) is 20.8 Å². The number of methoxy groups -OCH3 is 1. The van der Waals surface area contributed by atoms with Crippen LogP contribution in [0.25, 0.3) is 0 Å². The third kappa shape index (κ3) is 3.52. The highest BCUT2D eigenvalue weighted by molar-refractivity contribution is 5.38. The molecule has 0 heterocycles. The Balaban J connectivity index is 2.28. The standard InChI is InChI=1S/C17H20FNO2/c1-4-21-14-8-5-12(6-9-14)17(19-2)13-7-10-16(20-3)15(18)11-13/h5-11,17,19H,4H2,1-3H3. The van der Waals surface area contributed by atoms with Gasteiger partial charge in [-0.1, -0.05) is 18.2 Å². The molecule has 0 aromatic heterocycles. The van der Waals surface area contributed by atoms with Gasteiger partial charge in [-0.25, -0.2) is 4.39 Å². The molecule has 4 heteroatoms. The van der Waals surface area contributed by atoms with Gasteiger partial charge in [-0.15, -0.1) is 0 Å². The van der Waals surface area contributed by atoms with Gasteiger partial charge in [0.1, 0.15) is 5.75 Å². The van der Waals surface area contributed by atoms with Crippen LogP contribution in [0.5, 0.6) is 11.5 Å². The Hall–Kier alpha value is -2.07. The second-order valence-corrected chi connectivity index (χ2v) is 4.62. The summed E-state index contributed by atoms with van der Waals surface area (Å²) in [6, 6.07) is 12.7. The average molecular weight is 289 g/mol. The highest BCUT2D eigenvalue weighted by atomic mass is 19.1. The van der Waals surface area contributed by atoms with Crippen molar-refractivity contribution in [3.63, 3.8) is 0 Å². The first kappa shape index (κ1) is 15.3. The lowest BCUT2D eigenvalue weighted by molar-refractivity contribution is 0.340.